The Morgan fingerprint density at radius 1 is 1.33 bits per heavy atom. The molecule has 3 unspecified atom stereocenters. The number of pyridine rings is 1. The summed E-state index contributed by atoms with van der Waals surface area (Å²) in [5.41, 5.74) is 1.17. The van der Waals surface area contributed by atoms with Gasteiger partial charge in [0.1, 0.15) is 28.3 Å². The van der Waals surface area contributed by atoms with Gasteiger partial charge < -0.3 is 10.1 Å². The number of nitrogens with one attached hydrogen (secondary N) is 2. The summed E-state index contributed by atoms with van der Waals surface area (Å²) < 4.78 is 37.3. The van der Waals surface area contributed by atoms with Gasteiger partial charge in [0.25, 0.3) is 5.56 Å². The van der Waals surface area contributed by atoms with Gasteiger partial charge >= 0.3 is 0 Å². The second-order valence-corrected chi connectivity index (χ2v) is 9.59. The largest absolute Gasteiger partial charge is 0.494 e. The first kappa shape index (κ1) is 22.3. The van der Waals surface area contributed by atoms with E-state index in [1.807, 2.05) is 13.0 Å². The molecule has 1 fully saturated rings. The Morgan fingerprint density at radius 3 is 2.67 bits per heavy atom. The SMILES string of the molecule is CCc1ccc(Nc2c(NS(=O)C3CC3CC(C)C)c(OC)cc(=O)n2C)c(F)c1. The molecule has 0 saturated heterocycles. The van der Waals surface area contributed by atoms with E-state index in [0.29, 0.717) is 23.3 Å². The van der Waals surface area contributed by atoms with Crippen LogP contribution in [0.4, 0.5) is 21.6 Å². The summed E-state index contributed by atoms with van der Waals surface area (Å²) in [4.78, 5) is 12.4. The van der Waals surface area contributed by atoms with E-state index in [1.54, 1.807) is 13.1 Å². The molecule has 0 bridgehead atoms. The van der Waals surface area contributed by atoms with Crippen LogP contribution in [0.15, 0.2) is 29.1 Å². The van der Waals surface area contributed by atoms with E-state index in [-0.39, 0.29) is 22.2 Å². The number of anilines is 3. The van der Waals surface area contributed by atoms with Gasteiger partial charge in [-0.2, -0.15) is 0 Å². The first-order valence-electron chi connectivity index (χ1n) is 10.3. The van der Waals surface area contributed by atoms with E-state index in [1.165, 1.54) is 23.8 Å². The Balaban J connectivity index is 1.93. The van der Waals surface area contributed by atoms with Crippen molar-refractivity contribution >= 4 is 28.2 Å². The number of rotatable bonds is 9. The number of benzene rings is 1. The lowest BCUT2D eigenvalue weighted by Crippen LogP contribution is -2.23. The lowest BCUT2D eigenvalue weighted by atomic mass is 10.1. The number of hydrogen-bond donors (Lipinski definition) is 2. The van der Waals surface area contributed by atoms with Gasteiger partial charge in [0, 0.05) is 13.1 Å². The Morgan fingerprint density at radius 2 is 2.07 bits per heavy atom. The number of aryl methyl sites for hydroxylation is 1. The smallest absolute Gasteiger partial charge is 0.255 e. The van der Waals surface area contributed by atoms with Crippen LogP contribution in [0.2, 0.25) is 0 Å². The van der Waals surface area contributed by atoms with Crippen LogP contribution in [0.1, 0.15) is 39.2 Å². The molecule has 1 heterocycles. The number of methoxy groups -OCH3 is 1. The molecular weight excluding hydrogens is 405 g/mol. The van der Waals surface area contributed by atoms with Crippen molar-refractivity contribution in [2.24, 2.45) is 18.9 Å². The highest BCUT2D eigenvalue weighted by Crippen LogP contribution is 2.42. The van der Waals surface area contributed by atoms with Crippen molar-refractivity contribution in [3.8, 4) is 5.75 Å². The molecule has 0 amide bonds. The first-order chi connectivity index (χ1) is 14.2. The fourth-order valence-electron chi connectivity index (χ4n) is 3.60. The molecule has 8 heteroatoms. The maximum absolute atomic E-state index is 14.6. The first-order valence-corrected chi connectivity index (χ1v) is 11.5. The summed E-state index contributed by atoms with van der Waals surface area (Å²) in [6, 6.07) is 6.26. The van der Waals surface area contributed by atoms with Crippen molar-refractivity contribution in [3.05, 3.63) is 46.0 Å². The molecule has 1 aliphatic rings. The van der Waals surface area contributed by atoms with E-state index in [0.717, 1.165) is 24.8 Å². The summed E-state index contributed by atoms with van der Waals surface area (Å²) in [5.74, 6) is 1.12. The molecule has 3 atom stereocenters. The minimum absolute atomic E-state index is 0.0581. The van der Waals surface area contributed by atoms with Crippen LogP contribution in [0.5, 0.6) is 5.75 Å². The number of ether oxygens (including phenoxy) is 1. The van der Waals surface area contributed by atoms with Gasteiger partial charge in [-0.05, 0) is 48.8 Å². The third-order valence-corrected chi connectivity index (χ3v) is 6.96. The summed E-state index contributed by atoms with van der Waals surface area (Å²) in [6.45, 7) is 6.26. The summed E-state index contributed by atoms with van der Waals surface area (Å²) in [5, 5.41) is 3.05. The molecule has 1 aromatic heterocycles. The van der Waals surface area contributed by atoms with Gasteiger partial charge in [-0.25, -0.2) is 8.60 Å². The molecule has 3 rings (SSSR count). The third kappa shape index (κ3) is 4.86. The maximum Gasteiger partial charge on any atom is 0.255 e. The molecule has 6 nitrogen and oxygen atoms in total. The van der Waals surface area contributed by atoms with Crippen LogP contribution in [0.3, 0.4) is 0 Å². The Kier molecular flexibility index (Phi) is 6.85. The number of aromatic nitrogens is 1. The van der Waals surface area contributed by atoms with Gasteiger partial charge in [0.05, 0.1) is 18.0 Å². The zero-order chi connectivity index (χ0) is 22.0. The molecule has 30 heavy (non-hydrogen) atoms. The second kappa shape index (κ2) is 9.20. The van der Waals surface area contributed by atoms with Crippen LogP contribution in [-0.2, 0) is 24.5 Å². The van der Waals surface area contributed by atoms with Gasteiger partial charge in [-0.15, -0.1) is 0 Å². The van der Waals surface area contributed by atoms with Gasteiger partial charge in [-0.3, -0.25) is 14.1 Å². The minimum Gasteiger partial charge on any atom is -0.494 e. The third-order valence-electron chi connectivity index (χ3n) is 5.43. The summed E-state index contributed by atoms with van der Waals surface area (Å²) in [7, 11) is 1.68. The lowest BCUT2D eigenvalue weighted by molar-refractivity contribution is 0.415. The molecule has 0 radical (unpaired) electrons. The number of nitrogens with zero attached hydrogens (tertiary/aromatic N) is 1. The van der Waals surface area contributed by atoms with Crippen LogP contribution in [0.25, 0.3) is 0 Å². The van der Waals surface area contributed by atoms with Crippen molar-refractivity contribution in [3.63, 3.8) is 0 Å². The average molecular weight is 436 g/mol. The Labute approximate surface area is 179 Å². The zero-order valence-electron chi connectivity index (χ0n) is 18.1. The van der Waals surface area contributed by atoms with Crippen LogP contribution < -0.4 is 20.3 Å². The fraction of sp³-hybridized carbons (Fsp3) is 0.500. The molecule has 2 aromatic rings. The standard InChI is InChI=1S/C22H30FN3O3S/c1-6-14-7-8-17(16(23)10-14)24-22-21(18(29-5)12-20(27)26(22)4)25-30(28)19-11-15(19)9-13(2)3/h7-8,10,12-13,15,19,24-25H,6,9,11H2,1-5H3. The van der Waals surface area contributed by atoms with E-state index in [4.69, 9.17) is 4.74 Å². The summed E-state index contributed by atoms with van der Waals surface area (Å²) in [6.07, 6.45) is 2.66. The highest BCUT2D eigenvalue weighted by Gasteiger charge is 2.42. The van der Waals surface area contributed by atoms with Crippen molar-refractivity contribution in [1.82, 2.24) is 4.57 Å². The van der Waals surface area contributed by atoms with Gasteiger partial charge in [0.2, 0.25) is 0 Å². The average Bonchev–Trinajstić information content (AvgIpc) is 3.46. The normalized spacial score (nSPS) is 18.9. The van der Waals surface area contributed by atoms with E-state index >= 15 is 0 Å². The topological polar surface area (TPSA) is 72.4 Å². The van der Waals surface area contributed by atoms with E-state index in [2.05, 4.69) is 23.9 Å². The minimum atomic E-state index is -1.34. The second-order valence-electron chi connectivity index (χ2n) is 8.19. The summed E-state index contributed by atoms with van der Waals surface area (Å²) >= 11 is 0. The van der Waals surface area contributed by atoms with E-state index in [9.17, 15) is 13.4 Å². The molecular formula is C22H30FN3O3S. The number of hydrogen-bond acceptors (Lipinski definition) is 4. The van der Waals surface area contributed by atoms with Crippen molar-refractivity contribution in [1.29, 1.82) is 0 Å². The quantitative estimate of drug-likeness (QED) is 0.614. The molecule has 0 aliphatic heterocycles. The lowest BCUT2D eigenvalue weighted by Gasteiger charge is -2.20. The van der Waals surface area contributed by atoms with Crippen LogP contribution >= 0.6 is 0 Å². The van der Waals surface area contributed by atoms with Crippen molar-refractivity contribution in [2.45, 2.75) is 45.3 Å². The molecule has 0 spiro atoms. The fourth-order valence-corrected chi connectivity index (χ4v) is 5.03. The Hall–Kier alpha value is -2.35. The van der Waals surface area contributed by atoms with Gasteiger partial charge in [0.15, 0.2) is 5.75 Å². The Bertz CT molecular complexity index is 1010. The van der Waals surface area contributed by atoms with Crippen molar-refractivity contribution in [2.75, 3.05) is 17.1 Å². The number of halogens is 1. The maximum atomic E-state index is 14.6. The van der Waals surface area contributed by atoms with Crippen LogP contribution in [0, 0.1) is 17.7 Å². The molecule has 164 valence electrons. The van der Waals surface area contributed by atoms with E-state index < -0.39 is 16.8 Å². The molecule has 2 N–H and O–H groups in total. The predicted molar refractivity (Wildman–Crippen MR) is 120 cm³/mol. The predicted octanol–water partition coefficient (Wildman–Crippen LogP) is 4.35. The van der Waals surface area contributed by atoms with Crippen LogP contribution in [-0.4, -0.2) is 21.1 Å². The highest BCUT2D eigenvalue weighted by atomic mass is 32.2. The van der Waals surface area contributed by atoms with Gasteiger partial charge in [-0.1, -0.05) is 26.8 Å². The highest BCUT2D eigenvalue weighted by molar-refractivity contribution is 7.87. The van der Waals surface area contributed by atoms with Crippen molar-refractivity contribution < 1.29 is 13.3 Å². The molecule has 1 saturated carbocycles. The monoisotopic (exact) mass is 435 g/mol. The molecule has 1 aliphatic carbocycles. The molecule has 1 aromatic carbocycles. The zero-order valence-corrected chi connectivity index (χ0v) is 18.9.